The third-order valence-corrected chi connectivity index (χ3v) is 6.10. The molecule has 150 valence electrons. The lowest BCUT2D eigenvalue weighted by molar-refractivity contribution is -0.116. The second kappa shape index (κ2) is 9.57. The summed E-state index contributed by atoms with van der Waals surface area (Å²) in [6, 6.07) is 9.21. The van der Waals surface area contributed by atoms with Crippen LogP contribution in [0.2, 0.25) is 0 Å². The molecule has 0 aliphatic rings. The minimum absolute atomic E-state index is 0.0150. The molecular formula is C20H22F2N2O3S. The Morgan fingerprint density at radius 2 is 1.61 bits per heavy atom. The van der Waals surface area contributed by atoms with Crippen molar-refractivity contribution in [2.75, 3.05) is 13.1 Å². The maximum atomic E-state index is 13.1. The zero-order valence-electron chi connectivity index (χ0n) is 15.7. The summed E-state index contributed by atoms with van der Waals surface area (Å²) in [5.41, 5.74) is 0.954. The SMILES string of the molecule is CCN(CC)S(=O)(=O)c1ccc(/C=C/C(=O)NCc2cc(F)cc(F)c2)cc1. The lowest BCUT2D eigenvalue weighted by Gasteiger charge is -2.18. The van der Waals surface area contributed by atoms with E-state index in [0.717, 1.165) is 18.2 Å². The maximum absolute atomic E-state index is 13.1. The Labute approximate surface area is 163 Å². The minimum atomic E-state index is -3.53. The molecule has 0 aliphatic carbocycles. The van der Waals surface area contributed by atoms with Crippen LogP contribution in [0.1, 0.15) is 25.0 Å². The van der Waals surface area contributed by atoms with E-state index in [9.17, 15) is 22.0 Å². The second-order valence-corrected chi connectivity index (χ2v) is 7.93. The first-order valence-corrected chi connectivity index (χ1v) is 10.2. The van der Waals surface area contributed by atoms with E-state index in [4.69, 9.17) is 0 Å². The van der Waals surface area contributed by atoms with Crippen molar-refractivity contribution < 1.29 is 22.0 Å². The smallest absolute Gasteiger partial charge is 0.244 e. The highest BCUT2D eigenvalue weighted by atomic mass is 32.2. The molecule has 0 saturated carbocycles. The molecule has 1 amide bonds. The molecule has 5 nitrogen and oxygen atoms in total. The van der Waals surface area contributed by atoms with Crippen LogP contribution in [0.15, 0.2) is 53.4 Å². The normalized spacial score (nSPS) is 11.9. The van der Waals surface area contributed by atoms with Gasteiger partial charge in [-0.1, -0.05) is 26.0 Å². The molecule has 0 aromatic heterocycles. The van der Waals surface area contributed by atoms with E-state index in [1.165, 1.54) is 28.6 Å². The number of sulfonamides is 1. The molecule has 2 rings (SSSR count). The molecule has 28 heavy (non-hydrogen) atoms. The topological polar surface area (TPSA) is 66.5 Å². The van der Waals surface area contributed by atoms with Crippen LogP contribution in [0.3, 0.4) is 0 Å². The fourth-order valence-corrected chi connectivity index (χ4v) is 4.05. The zero-order valence-corrected chi connectivity index (χ0v) is 16.5. The number of nitrogens with one attached hydrogen (secondary N) is 1. The number of hydrogen-bond donors (Lipinski definition) is 1. The van der Waals surface area contributed by atoms with Crippen molar-refractivity contribution in [2.24, 2.45) is 0 Å². The Hall–Kier alpha value is -2.58. The van der Waals surface area contributed by atoms with Crippen LogP contribution in [0.25, 0.3) is 6.08 Å². The molecule has 0 saturated heterocycles. The Morgan fingerprint density at radius 1 is 1.04 bits per heavy atom. The molecule has 2 aromatic carbocycles. The molecule has 0 aliphatic heterocycles. The minimum Gasteiger partial charge on any atom is -0.348 e. The van der Waals surface area contributed by atoms with Crippen LogP contribution < -0.4 is 5.32 Å². The fraction of sp³-hybridized carbons (Fsp3) is 0.250. The summed E-state index contributed by atoms with van der Waals surface area (Å²) >= 11 is 0. The Morgan fingerprint density at radius 3 is 2.14 bits per heavy atom. The van der Waals surface area contributed by atoms with Gasteiger partial charge < -0.3 is 5.32 Å². The van der Waals surface area contributed by atoms with E-state index in [-0.39, 0.29) is 11.4 Å². The van der Waals surface area contributed by atoms with Gasteiger partial charge in [0.15, 0.2) is 0 Å². The van der Waals surface area contributed by atoms with Crippen LogP contribution in [-0.2, 0) is 21.4 Å². The summed E-state index contributed by atoms with van der Waals surface area (Å²) in [4.78, 5) is 12.1. The monoisotopic (exact) mass is 408 g/mol. The summed E-state index contributed by atoms with van der Waals surface area (Å²) in [6.45, 7) is 4.30. The maximum Gasteiger partial charge on any atom is 0.244 e. The predicted octanol–water partition coefficient (Wildman–Crippen LogP) is 3.32. The van der Waals surface area contributed by atoms with Gasteiger partial charge in [-0.3, -0.25) is 4.79 Å². The Kier molecular flexibility index (Phi) is 7.42. The average molecular weight is 408 g/mol. The van der Waals surface area contributed by atoms with Crippen LogP contribution in [0.4, 0.5) is 8.78 Å². The highest BCUT2D eigenvalue weighted by molar-refractivity contribution is 7.89. The fourth-order valence-electron chi connectivity index (χ4n) is 2.60. The summed E-state index contributed by atoms with van der Waals surface area (Å²) < 4.78 is 52.5. The third kappa shape index (κ3) is 5.71. The molecule has 2 aromatic rings. The van der Waals surface area contributed by atoms with E-state index in [0.29, 0.717) is 24.2 Å². The van der Waals surface area contributed by atoms with Crippen molar-refractivity contribution in [3.63, 3.8) is 0 Å². The lowest BCUT2D eigenvalue weighted by atomic mass is 10.2. The zero-order chi connectivity index (χ0) is 20.7. The molecule has 0 radical (unpaired) electrons. The van der Waals surface area contributed by atoms with Crippen molar-refractivity contribution in [3.05, 3.63) is 71.3 Å². The van der Waals surface area contributed by atoms with Gasteiger partial charge in [0.2, 0.25) is 15.9 Å². The number of carbonyl (C=O) groups excluding carboxylic acids is 1. The van der Waals surface area contributed by atoms with Gasteiger partial charge in [0.1, 0.15) is 11.6 Å². The summed E-state index contributed by atoms with van der Waals surface area (Å²) in [7, 11) is -3.53. The summed E-state index contributed by atoms with van der Waals surface area (Å²) in [6.07, 6.45) is 2.79. The van der Waals surface area contributed by atoms with Crippen LogP contribution in [0, 0.1) is 11.6 Å². The molecule has 0 spiro atoms. The van der Waals surface area contributed by atoms with Gasteiger partial charge in [-0.15, -0.1) is 0 Å². The molecule has 0 atom stereocenters. The first-order chi connectivity index (χ1) is 13.3. The number of halogens is 2. The number of nitrogens with zero attached hydrogens (tertiary/aromatic N) is 1. The molecule has 0 bridgehead atoms. The third-order valence-electron chi connectivity index (χ3n) is 4.04. The number of hydrogen-bond acceptors (Lipinski definition) is 3. The van der Waals surface area contributed by atoms with Crippen molar-refractivity contribution in [1.82, 2.24) is 9.62 Å². The van der Waals surface area contributed by atoms with E-state index < -0.39 is 27.6 Å². The first kappa shape index (κ1) is 21.7. The van der Waals surface area contributed by atoms with Gasteiger partial charge in [0.05, 0.1) is 4.90 Å². The summed E-state index contributed by atoms with van der Waals surface area (Å²) in [5, 5.41) is 2.53. The van der Waals surface area contributed by atoms with Gasteiger partial charge in [0, 0.05) is 31.8 Å². The van der Waals surface area contributed by atoms with E-state index >= 15 is 0 Å². The van der Waals surface area contributed by atoms with Gasteiger partial charge >= 0.3 is 0 Å². The van der Waals surface area contributed by atoms with Crippen LogP contribution >= 0.6 is 0 Å². The van der Waals surface area contributed by atoms with E-state index in [2.05, 4.69) is 5.32 Å². The number of rotatable bonds is 8. The largest absolute Gasteiger partial charge is 0.348 e. The first-order valence-electron chi connectivity index (χ1n) is 8.77. The van der Waals surface area contributed by atoms with Crippen LogP contribution in [-0.4, -0.2) is 31.7 Å². The van der Waals surface area contributed by atoms with Gasteiger partial charge in [-0.05, 0) is 41.5 Å². The number of carbonyl (C=O) groups is 1. The van der Waals surface area contributed by atoms with Crippen molar-refractivity contribution in [1.29, 1.82) is 0 Å². The standard InChI is InChI=1S/C20H22F2N2O3S/c1-3-24(4-2)28(26,27)19-8-5-15(6-9-19)7-10-20(25)23-14-16-11-17(21)13-18(22)12-16/h5-13H,3-4,14H2,1-2H3,(H,23,25)/b10-7+. The van der Waals surface area contributed by atoms with Crippen molar-refractivity contribution >= 4 is 22.0 Å². The predicted molar refractivity (Wildman–Crippen MR) is 104 cm³/mol. The molecule has 8 heteroatoms. The summed E-state index contributed by atoms with van der Waals surface area (Å²) in [5.74, 6) is -1.86. The van der Waals surface area contributed by atoms with Crippen molar-refractivity contribution in [2.45, 2.75) is 25.3 Å². The number of benzene rings is 2. The highest BCUT2D eigenvalue weighted by Crippen LogP contribution is 2.16. The Bertz CT molecular complexity index is 934. The van der Waals surface area contributed by atoms with Gasteiger partial charge in [0.25, 0.3) is 0 Å². The highest BCUT2D eigenvalue weighted by Gasteiger charge is 2.20. The van der Waals surface area contributed by atoms with Gasteiger partial charge in [-0.25, -0.2) is 17.2 Å². The molecule has 0 heterocycles. The van der Waals surface area contributed by atoms with Crippen LogP contribution in [0.5, 0.6) is 0 Å². The molecule has 0 unspecified atom stereocenters. The molecule has 1 N–H and O–H groups in total. The quantitative estimate of drug-likeness (QED) is 0.682. The van der Waals surface area contributed by atoms with Crippen molar-refractivity contribution in [3.8, 4) is 0 Å². The lowest BCUT2D eigenvalue weighted by Crippen LogP contribution is -2.30. The Balaban J connectivity index is 1.99. The second-order valence-electron chi connectivity index (χ2n) is 5.99. The molecular weight excluding hydrogens is 386 g/mol. The van der Waals surface area contributed by atoms with Gasteiger partial charge in [-0.2, -0.15) is 4.31 Å². The number of amides is 1. The van der Waals surface area contributed by atoms with E-state index in [1.807, 2.05) is 0 Å². The average Bonchev–Trinajstić information content (AvgIpc) is 2.65. The molecule has 0 fully saturated rings. The van der Waals surface area contributed by atoms with E-state index in [1.54, 1.807) is 26.0 Å².